The van der Waals surface area contributed by atoms with Gasteiger partial charge in [0.15, 0.2) is 0 Å². The highest BCUT2D eigenvalue weighted by atomic mass is 16.2. The van der Waals surface area contributed by atoms with Crippen LogP contribution < -0.4 is 0 Å². The van der Waals surface area contributed by atoms with Crippen molar-refractivity contribution in [3.63, 3.8) is 0 Å². The molecule has 2 heterocycles. The predicted octanol–water partition coefficient (Wildman–Crippen LogP) is 3.35. The first kappa shape index (κ1) is 17.5. The van der Waals surface area contributed by atoms with E-state index in [4.69, 9.17) is 0 Å². The van der Waals surface area contributed by atoms with Crippen molar-refractivity contribution in [3.8, 4) is 0 Å². The Kier molecular flexibility index (Phi) is 4.52. The smallest absolute Gasteiger partial charge is 0.261 e. The van der Waals surface area contributed by atoms with Crippen LogP contribution in [0.15, 0.2) is 48.5 Å². The Balaban J connectivity index is 1.51. The lowest BCUT2D eigenvalue weighted by atomic mass is 9.98. The molecule has 0 radical (unpaired) electrons. The second-order valence-corrected chi connectivity index (χ2v) is 7.42. The van der Waals surface area contributed by atoms with Gasteiger partial charge >= 0.3 is 0 Å². The van der Waals surface area contributed by atoms with Gasteiger partial charge in [-0.1, -0.05) is 31.2 Å². The number of piperidine rings is 1. The van der Waals surface area contributed by atoms with Gasteiger partial charge in [0, 0.05) is 18.7 Å². The molecule has 0 atom stereocenters. The normalized spacial score (nSPS) is 17.4. The quantitative estimate of drug-likeness (QED) is 0.787. The molecule has 0 N–H and O–H groups in total. The third kappa shape index (κ3) is 3.25. The fourth-order valence-electron chi connectivity index (χ4n) is 3.76. The summed E-state index contributed by atoms with van der Waals surface area (Å²) in [5.41, 5.74) is 2.27. The molecule has 2 aliphatic rings. The van der Waals surface area contributed by atoms with E-state index in [-0.39, 0.29) is 24.3 Å². The van der Waals surface area contributed by atoms with Crippen molar-refractivity contribution in [1.82, 2.24) is 9.80 Å². The van der Waals surface area contributed by atoms with E-state index >= 15 is 0 Å². The molecule has 5 heteroatoms. The predicted molar refractivity (Wildman–Crippen MR) is 101 cm³/mol. The van der Waals surface area contributed by atoms with Gasteiger partial charge in [0.2, 0.25) is 0 Å². The van der Waals surface area contributed by atoms with E-state index in [2.05, 4.69) is 6.92 Å². The Morgan fingerprint density at radius 2 is 1.59 bits per heavy atom. The van der Waals surface area contributed by atoms with E-state index in [0.29, 0.717) is 22.6 Å². The fraction of sp³-hybridized carbons (Fsp3) is 0.318. The summed E-state index contributed by atoms with van der Waals surface area (Å²) in [6, 6.07) is 14.1. The standard InChI is InChI=1S/C22H22N2O3/c1-15-9-11-23(12-10-15)20(25)17-6-4-5-16(13-17)14-24-21(26)18-7-2-3-8-19(18)22(24)27/h2-8,13,15H,9-12,14H2,1H3. The molecule has 4 rings (SSSR count). The van der Waals surface area contributed by atoms with Crippen LogP contribution in [0.2, 0.25) is 0 Å². The first-order valence-electron chi connectivity index (χ1n) is 9.38. The number of likely N-dealkylation sites (tertiary alicyclic amines) is 1. The van der Waals surface area contributed by atoms with Crippen molar-refractivity contribution in [2.24, 2.45) is 5.92 Å². The van der Waals surface area contributed by atoms with Gasteiger partial charge < -0.3 is 4.90 Å². The molecular weight excluding hydrogens is 340 g/mol. The molecule has 0 aliphatic carbocycles. The van der Waals surface area contributed by atoms with Crippen molar-refractivity contribution < 1.29 is 14.4 Å². The number of carbonyl (C=O) groups excluding carboxylic acids is 3. The summed E-state index contributed by atoms with van der Waals surface area (Å²) < 4.78 is 0. The lowest BCUT2D eigenvalue weighted by Crippen LogP contribution is -2.38. The number of rotatable bonds is 3. The molecule has 0 saturated carbocycles. The Morgan fingerprint density at radius 3 is 2.22 bits per heavy atom. The molecule has 2 aromatic carbocycles. The number of benzene rings is 2. The molecule has 0 unspecified atom stereocenters. The molecule has 0 spiro atoms. The van der Waals surface area contributed by atoms with Crippen LogP contribution in [-0.2, 0) is 6.54 Å². The molecule has 1 fully saturated rings. The van der Waals surface area contributed by atoms with Gasteiger partial charge in [-0.2, -0.15) is 0 Å². The average molecular weight is 362 g/mol. The maximum absolute atomic E-state index is 12.8. The van der Waals surface area contributed by atoms with Gasteiger partial charge in [-0.15, -0.1) is 0 Å². The first-order chi connectivity index (χ1) is 13.0. The van der Waals surface area contributed by atoms with E-state index in [0.717, 1.165) is 31.5 Å². The second-order valence-electron chi connectivity index (χ2n) is 7.42. The van der Waals surface area contributed by atoms with E-state index in [1.165, 1.54) is 4.90 Å². The van der Waals surface area contributed by atoms with Crippen molar-refractivity contribution in [2.45, 2.75) is 26.3 Å². The topological polar surface area (TPSA) is 57.7 Å². The molecule has 3 amide bonds. The highest BCUT2D eigenvalue weighted by Gasteiger charge is 2.35. The molecular formula is C22H22N2O3. The summed E-state index contributed by atoms with van der Waals surface area (Å²) in [7, 11) is 0. The maximum atomic E-state index is 12.8. The summed E-state index contributed by atoms with van der Waals surface area (Å²) in [6.45, 7) is 3.94. The van der Waals surface area contributed by atoms with Gasteiger partial charge in [-0.05, 0) is 48.6 Å². The minimum Gasteiger partial charge on any atom is -0.339 e. The number of hydrogen-bond acceptors (Lipinski definition) is 3. The zero-order valence-corrected chi connectivity index (χ0v) is 15.4. The molecule has 2 aliphatic heterocycles. The minimum atomic E-state index is -0.280. The van der Waals surface area contributed by atoms with Gasteiger partial charge in [0.1, 0.15) is 0 Å². The Bertz CT molecular complexity index is 878. The summed E-state index contributed by atoms with van der Waals surface area (Å²) in [6.07, 6.45) is 2.06. The number of fused-ring (bicyclic) bond motifs is 1. The highest BCUT2D eigenvalue weighted by Crippen LogP contribution is 2.25. The number of hydrogen-bond donors (Lipinski definition) is 0. The zero-order valence-electron chi connectivity index (χ0n) is 15.4. The van der Waals surface area contributed by atoms with Crippen LogP contribution in [0.1, 0.15) is 56.4 Å². The lowest BCUT2D eigenvalue weighted by molar-refractivity contribution is 0.0641. The van der Waals surface area contributed by atoms with Gasteiger partial charge in [-0.25, -0.2) is 0 Å². The second kappa shape index (κ2) is 6.99. The van der Waals surface area contributed by atoms with E-state index in [9.17, 15) is 14.4 Å². The largest absolute Gasteiger partial charge is 0.339 e. The zero-order chi connectivity index (χ0) is 19.0. The summed E-state index contributed by atoms with van der Waals surface area (Å²) >= 11 is 0. The van der Waals surface area contributed by atoms with Gasteiger partial charge in [0.25, 0.3) is 17.7 Å². The van der Waals surface area contributed by atoms with Crippen LogP contribution in [0.5, 0.6) is 0 Å². The number of carbonyl (C=O) groups is 3. The van der Waals surface area contributed by atoms with Crippen LogP contribution >= 0.6 is 0 Å². The van der Waals surface area contributed by atoms with E-state index in [1.807, 2.05) is 17.0 Å². The Labute approximate surface area is 158 Å². The van der Waals surface area contributed by atoms with Crippen LogP contribution in [0.3, 0.4) is 0 Å². The number of nitrogens with zero attached hydrogens (tertiary/aromatic N) is 2. The molecule has 1 saturated heterocycles. The third-order valence-corrected chi connectivity index (χ3v) is 5.46. The fourth-order valence-corrected chi connectivity index (χ4v) is 3.76. The van der Waals surface area contributed by atoms with E-state index < -0.39 is 0 Å². The molecule has 2 aromatic rings. The molecule has 27 heavy (non-hydrogen) atoms. The minimum absolute atomic E-state index is 0.0195. The first-order valence-corrected chi connectivity index (χ1v) is 9.38. The Hall–Kier alpha value is -2.95. The lowest BCUT2D eigenvalue weighted by Gasteiger charge is -2.30. The monoisotopic (exact) mass is 362 g/mol. The summed E-state index contributed by atoms with van der Waals surface area (Å²) in [5, 5.41) is 0. The van der Waals surface area contributed by atoms with Crippen LogP contribution in [0, 0.1) is 5.92 Å². The van der Waals surface area contributed by atoms with Crippen LogP contribution in [0.25, 0.3) is 0 Å². The molecule has 138 valence electrons. The van der Waals surface area contributed by atoms with Gasteiger partial charge in [-0.3, -0.25) is 19.3 Å². The molecule has 5 nitrogen and oxygen atoms in total. The van der Waals surface area contributed by atoms with Crippen LogP contribution in [-0.4, -0.2) is 40.6 Å². The summed E-state index contributed by atoms with van der Waals surface area (Å²) in [4.78, 5) is 41.0. The van der Waals surface area contributed by atoms with Crippen molar-refractivity contribution >= 4 is 17.7 Å². The summed E-state index contributed by atoms with van der Waals surface area (Å²) in [5.74, 6) is 0.120. The maximum Gasteiger partial charge on any atom is 0.261 e. The van der Waals surface area contributed by atoms with Crippen molar-refractivity contribution in [1.29, 1.82) is 0 Å². The van der Waals surface area contributed by atoms with Crippen molar-refractivity contribution in [2.75, 3.05) is 13.1 Å². The molecule has 0 aromatic heterocycles. The molecule has 0 bridgehead atoms. The van der Waals surface area contributed by atoms with Gasteiger partial charge in [0.05, 0.1) is 17.7 Å². The van der Waals surface area contributed by atoms with Crippen molar-refractivity contribution in [3.05, 3.63) is 70.8 Å². The number of imide groups is 1. The average Bonchev–Trinajstić information content (AvgIpc) is 2.93. The SMILES string of the molecule is CC1CCN(C(=O)c2cccc(CN3C(=O)c4ccccc4C3=O)c2)CC1. The van der Waals surface area contributed by atoms with E-state index in [1.54, 1.807) is 36.4 Å². The highest BCUT2D eigenvalue weighted by molar-refractivity contribution is 6.21. The Morgan fingerprint density at radius 1 is 0.963 bits per heavy atom. The van der Waals surface area contributed by atoms with Crippen LogP contribution in [0.4, 0.5) is 0 Å². The third-order valence-electron chi connectivity index (χ3n) is 5.46. The number of amides is 3.